The van der Waals surface area contributed by atoms with Crippen molar-refractivity contribution in [3.63, 3.8) is 0 Å². The van der Waals surface area contributed by atoms with E-state index in [4.69, 9.17) is 9.52 Å². The van der Waals surface area contributed by atoms with E-state index < -0.39 is 5.97 Å². The number of hydrogen-bond acceptors (Lipinski definition) is 3. The first-order chi connectivity index (χ1) is 7.41. The number of furan rings is 1. The molecule has 1 unspecified atom stereocenters. The van der Waals surface area contributed by atoms with Crippen molar-refractivity contribution in [2.45, 2.75) is 20.8 Å². The number of carbonyl (C=O) groups is 1. The maximum atomic E-state index is 11.1. The zero-order valence-corrected chi connectivity index (χ0v) is 10.2. The maximum Gasteiger partial charge on any atom is 0.308 e. The van der Waals surface area contributed by atoms with Gasteiger partial charge in [0.1, 0.15) is 5.76 Å². The zero-order valence-electron chi connectivity index (χ0n) is 10.2. The molecular formula is C12H19NO3. The van der Waals surface area contributed by atoms with Gasteiger partial charge in [0, 0.05) is 19.7 Å². The molecule has 0 aliphatic rings. The topological polar surface area (TPSA) is 53.7 Å². The highest BCUT2D eigenvalue weighted by Gasteiger charge is 2.23. The van der Waals surface area contributed by atoms with Crippen LogP contribution in [-0.4, -0.2) is 24.7 Å². The predicted molar refractivity (Wildman–Crippen MR) is 62.7 cm³/mol. The summed E-state index contributed by atoms with van der Waals surface area (Å²) in [4.78, 5) is 12.9. The summed E-state index contributed by atoms with van der Waals surface area (Å²) in [6, 6.07) is 3.73. The highest BCUT2D eigenvalue weighted by atomic mass is 16.4. The zero-order chi connectivity index (χ0) is 12.3. The van der Waals surface area contributed by atoms with Gasteiger partial charge in [0.25, 0.3) is 0 Å². The molecule has 1 aromatic rings. The third-order valence-electron chi connectivity index (χ3n) is 2.69. The summed E-state index contributed by atoms with van der Waals surface area (Å²) in [6.45, 7) is 6.16. The SMILES string of the molecule is Cc1ccc(N(C)CC(C(=O)O)C(C)C)o1. The molecule has 0 aliphatic heterocycles. The van der Waals surface area contributed by atoms with Crippen LogP contribution < -0.4 is 4.90 Å². The Balaban J connectivity index is 2.68. The monoisotopic (exact) mass is 225 g/mol. The smallest absolute Gasteiger partial charge is 0.308 e. The van der Waals surface area contributed by atoms with Crippen LogP contribution in [0.1, 0.15) is 19.6 Å². The summed E-state index contributed by atoms with van der Waals surface area (Å²) in [7, 11) is 1.84. The number of carboxylic acid groups (broad SMARTS) is 1. The Morgan fingerprint density at radius 3 is 2.50 bits per heavy atom. The number of hydrogen-bond donors (Lipinski definition) is 1. The second-order valence-corrected chi connectivity index (χ2v) is 4.45. The summed E-state index contributed by atoms with van der Waals surface area (Å²) >= 11 is 0. The average molecular weight is 225 g/mol. The normalized spacial score (nSPS) is 12.8. The van der Waals surface area contributed by atoms with Gasteiger partial charge in [-0.2, -0.15) is 0 Å². The summed E-state index contributed by atoms with van der Waals surface area (Å²) in [5, 5.41) is 9.09. The lowest BCUT2D eigenvalue weighted by Gasteiger charge is -2.23. The lowest BCUT2D eigenvalue weighted by molar-refractivity contribution is -0.142. The number of carboxylic acids is 1. The van der Waals surface area contributed by atoms with E-state index in [1.54, 1.807) is 0 Å². The first-order valence-electron chi connectivity index (χ1n) is 5.42. The van der Waals surface area contributed by atoms with Crippen molar-refractivity contribution in [1.82, 2.24) is 0 Å². The molecule has 0 saturated carbocycles. The van der Waals surface area contributed by atoms with Crippen molar-refractivity contribution in [1.29, 1.82) is 0 Å². The molecule has 1 rings (SSSR count). The Kier molecular flexibility index (Phi) is 3.99. The molecule has 0 aromatic carbocycles. The molecule has 1 atom stereocenters. The van der Waals surface area contributed by atoms with Crippen molar-refractivity contribution < 1.29 is 14.3 Å². The van der Waals surface area contributed by atoms with Gasteiger partial charge >= 0.3 is 5.97 Å². The van der Waals surface area contributed by atoms with Gasteiger partial charge < -0.3 is 14.4 Å². The van der Waals surface area contributed by atoms with E-state index in [-0.39, 0.29) is 11.8 Å². The van der Waals surface area contributed by atoms with Gasteiger partial charge in [-0.05, 0) is 18.9 Å². The Labute approximate surface area is 95.9 Å². The molecule has 0 amide bonds. The molecule has 16 heavy (non-hydrogen) atoms. The molecule has 1 heterocycles. The van der Waals surface area contributed by atoms with Gasteiger partial charge in [0.2, 0.25) is 0 Å². The quantitative estimate of drug-likeness (QED) is 0.836. The Bertz CT molecular complexity index is 357. The van der Waals surface area contributed by atoms with Crippen LogP contribution in [0.25, 0.3) is 0 Å². The Morgan fingerprint density at radius 2 is 2.12 bits per heavy atom. The fourth-order valence-corrected chi connectivity index (χ4v) is 1.59. The van der Waals surface area contributed by atoms with Crippen molar-refractivity contribution in [3.8, 4) is 0 Å². The molecule has 90 valence electrons. The number of anilines is 1. The van der Waals surface area contributed by atoms with E-state index in [2.05, 4.69) is 0 Å². The third-order valence-corrected chi connectivity index (χ3v) is 2.69. The molecule has 0 fully saturated rings. The summed E-state index contributed by atoms with van der Waals surface area (Å²) in [5.74, 6) is 0.513. The number of nitrogens with zero attached hydrogens (tertiary/aromatic N) is 1. The third kappa shape index (κ3) is 3.02. The lowest BCUT2D eigenvalue weighted by Crippen LogP contribution is -2.33. The van der Waals surface area contributed by atoms with Gasteiger partial charge in [-0.25, -0.2) is 0 Å². The standard InChI is InChI=1S/C12H19NO3/c1-8(2)10(12(14)15)7-13(4)11-6-5-9(3)16-11/h5-6,8,10H,7H2,1-4H3,(H,14,15). The van der Waals surface area contributed by atoms with Crippen molar-refractivity contribution in [3.05, 3.63) is 17.9 Å². The highest BCUT2D eigenvalue weighted by Crippen LogP contribution is 2.20. The molecule has 4 nitrogen and oxygen atoms in total. The number of aryl methyl sites for hydroxylation is 1. The van der Waals surface area contributed by atoms with E-state index in [0.29, 0.717) is 12.4 Å². The second kappa shape index (κ2) is 5.05. The minimum absolute atomic E-state index is 0.107. The van der Waals surface area contributed by atoms with Crippen LogP contribution >= 0.6 is 0 Å². The van der Waals surface area contributed by atoms with E-state index in [1.165, 1.54) is 0 Å². The van der Waals surface area contributed by atoms with Crippen LogP contribution in [0.4, 0.5) is 5.88 Å². The second-order valence-electron chi connectivity index (χ2n) is 4.45. The van der Waals surface area contributed by atoms with Gasteiger partial charge in [0.05, 0.1) is 5.92 Å². The maximum absolute atomic E-state index is 11.1. The Morgan fingerprint density at radius 1 is 1.50 bits per heavy atom. The first kappa shape index (κ1) is 12.6. The van der Waals surface area contributed by atoms with Crippen LogP contribution in [0, 0.1) is 18.8 Å². The largest absolute Gasteiger partial charge is 0.481 e. The molecular weight excluding hydrogens is 206 g/mol. The van der Waals surface area contributed by atoms with E-state index in [1.807, 2.05) is 44.9 Å². The molecule has 0 bridgehead atoms. The van der Waals surface area contributed by atoms with Crippen molar-refractivity contribution >= 4 is 11.9 Å². The van der Waals surface area contributed by atoms with Crippen LogP contribution in [-0.2, 0) is 4.79 Å². The summed E-state index contributed by atoms with van der Waals surface area (Å²) in [6.07, 6.45) is 0. The number of aliphatic carboxylic acids is 1. The summed E-state index contributed by atoms with van der Waals surface area (Å²) < 4.78 is 5.44. The minimum Gasteiger partial charge on any atom is -0.481 e. The van der Waals surface area contributed by atoms with Gasteiger partial charge in [-0.3, -0.25) is 4.79 Å². The lowest BCUT2D eigenvalue weighted by atomic mass is 9.95. The minimum atomic E-state index is -0.759. The fourth-order valence-electron chi connectivity index (χ4n) is 1.59. The fraction of sp³-hybridized carbons (Fsp3) is 0.583. The van der Waals surface area contributed by atoms with Crippen LogP contribution in [0.3, 0.4) is 0 Å². The van der Waals surface area contributed by atoms with Gasteiger partial charge in [-0.15, -0.1) is 0 Å². The molecule has 4 heteroatoms. The average Bonchev–Trinajstić information content (AvgIpc) is 2.59. The molecule has 1 N–H and O–H groups in total. The van der Waals surface area contributed by atoms with E-state index >= 15 is 0 Å². The van der Waals surface area contributed by atoms with Crippen LogP contribution in [0.2, 0.25) is 0 Å². The molecule has 0 spiro atoms. The predicted octanol–water partition coefficient (Wildman–Crippen LogP) is 2.38. The molecule has 0 aliphatic carbocycles. The van der Waals surface area contributed by atoms with Crippen molar-refractivity contribution in [2.24, 2.45) is 11.8 Å². The molecule has 1 aromatic heterocycles. The van der Waals surface area contributed by atoms with E-state index in [9.17, 15) is 4.79 Å². The molecule has 0 radical (unpaired) electrons. The van der Waals surface area contributed by atoms with E-state index in [0.717, 1.165) is 5.76 Å². The highest BCUT2D eigenvalue weighted by molar-refractivity contribution is 5.71. The summed E-state index contributed by atoms with van der Waals surface area (Å²) in [5.41, 5.74) is 0. The molecule has 0 saturated heterocycles. The number of rotatable bonds is 5. The van der Waals surface area contributed by atoms with Crippen molar-refractivity contribution in [2.75, 3.05) is 18.5 Å². The van der Waals surface area contributed by atoms with Gasteiger partial charge in [-0.1, -0.05) is 13.8 Å². The first-order valence-corrected chi connectivity index (χ1v) is 5.42. The van der Waals surface area contributed by atoms with Crippen LogP contribution in [0.15, 0.2) is 16.5 Å². The Hall–Kier alpha value is -1.45. The van der Waals surface area contributed by atoms with Gasteiger partial charge in [0.15, 0.2) is 5.88 Å². The van der Waals surface area contributed by atoms with Crippen LogP contribution in [0.5, 0.6) is 0 Å².